The molecule has 0 aliphatic heterocycles. The third kappa shape index (κ3) is 4.17. The highest BCUT2D eigenvalue weighted by molar-refractivity contribution is 14.1. The Balaban J connectivity index is 2.25. The maximum absolute atomic E-state index is 6.61. The summed E-state index contributed by atoms with van der Waals surface area (Å²) in [5, 5.41) is 1.34. The van der Waals surface area contributed by atoms with Gasteiger partial charge in [0.2, 0.25) is 8.32 Å². The molecule has 0 aliphatic rings. The van der Waals surface area contributed by atoms with E-state index in [4.69, 9.17) is 4.43 Å². The van der Waals surface area contributed by atoms with Crippen LogP contribution in [0.3, 0.4) is 0 Å². The molecule has 1 nitrogen and oxygen atoms in total. The van der Waals surface area contributed by atoms with Gasteiger partial charge in [-0.2, -0.15) is 0 Å². The molecule has 0 bridgehead atoms. The van der Waals surface area contributed by atoms with Crippen molar-refractivity contribution in [3.8, 4) is 0 Å². The van der Waals surface area contributed by atoms with E-state index in [-0.39, 0.29) is 5.60 Å². The summed E-state index contributed by atoms with van der Waals surface area (Å²) in [6, 6.07) is 17.4. The van der Waals surface area contributed by atoms with Crippen molar-refractivity contribution in [1.82, 2.24) is 0 Å². The summed E-state index contributed by atoms with van der Waals surface area (Å²) < 4.78 is 7.88. The van der Waals surface area contributed by atoms with Crippen molar-refractivity contribution in [3.05, 3.63) is 63.2 Å². The van der Waals surface area contributed by atoms with Gasteiger partial charge in [0.05, 0.1) is 5.60 Å². The van der Waals surface area contributed by atoms with Crippen LogP contribution in [0, 0.1) is 10.5 Å². The molecule has 0 spiro atoms. The van der Waals surface area contributed by atoms with Crippen LogP contribution in [-0.2, 0) is 10.0 Å². The molecular weight excluding hydrogens is 387 g/mol. The molecule has 0 fully saturated rings. The number of hydrogen-bond donors (Lipinski definition) is 0. The van der Waals surface area contributed by atoms with Crippen LogP contribution in [0.25, 0.3) is 0 Å². The van der Waals surface area contributed by atoms with Crippen molar-refractivity contribution >= 4 is 36.1 Å². The van der Waals surface area contributed by atoms with Crippen LogP contribution in [-0.4, -0.2) is 8.32 Å². The van der Waals surface area contributed by atoms with Crippen LogP contribution < -0.4 is 5.19 Å². The van der Waals surface area contributed by atoms with E-state index in [1.54, 1.807) is 0 Å². The van der Waals surface area contributed by atoms with Crippen LogP contribution in [0.15, 0.2) is 48.5 Å². The quantitative estimate of drug-likeness (QED) is 0.511. The van der Waals surface area contributed by atoms with Crippen LogP contribution in [0.5, 0.6) is 0 Å². The number of benzene rings is 2. The van der Waals surface area contributed by atoms with Crippen molar-refractivity contribution in [3.63, 3.8) is 0 Å². The zero-order chi connectivity index (χ0) is 15.7. The van der Waals surface area contributed by atoms with Gasteiger partial charge in [0.25, 0.3) is 0 Å². The molecule has 0 aliphatic carbocycles. The standard InChI is InChI=1S/C18H23IOSi/c1-14-6-8-15(9-7-14)18(2,3)20-21(4,5)17-12-10-16(19)11-13-17/h6-13H,1-5H3. The largest absolute Gasteiger partial charge is 0.404 e. The third-order valence-electron chi connectivity index (χ3n) is 3.80. The Morgan fingerprint density at radius 1 is 0.905 bits per heavy atom. The van der Waals surface area contributed by atoms with Gasteiger partial charge in [0.1, 0.15) is 0 Å². The van der Waals surface area contributed by atoms with E-state index in [1.165, 1.54) is 19.9 Å². The fraction of sp³-hybridized carbons (Fsp3) is 0.333. The maximum atomic E-state index is 6.61. The summed E-state index contributed by atoms with van der Waals surface area (Å²) >= 11 is 2.34. The smallest absolute Gasteiger partial charge is 0.219 e. The van der Waals surface area contributed by atoms with Gasteiger partial charge in [-0.25, -0.2) is 0 Å². The van der Waals surface area contributed by atoms with E-state index in [0.717, 1.165) is 0 Å². The maximum Gasteiger partial charge on any atom is 0.219 e. The molecule has 21 heavy (non-hydrogen) atoms. The first-order valence-electron chi connectivity index (χ1n) is 7.24. The average molecular weight is 410 g/mol. The first kappa shape index (κ1) is 16.7. The highest BCUT2D eigenvalue weighted by atomic mass is 127. The summed E-state index contributed by atoms with van der Waals surface area (Å²) in [4.78, 5) is 0. The zero-order valence-corrected chi connectivity index (χ0v) is 16.6. The van der Waals surface area contributed by atoms with Crippen LogP contribution >= 0.6 is 22.6 Å². The van der Waals surface area contributed by atoms with E-state index in [9.17, 15) is 0 Å². The van der Waals surface area contributed by atoms with Gasteiger partial charge in [-0.15, -0.1) is 0 Å². The molecule has 112 valence electrons. The van der Waals surface area contributed by atoms with Gasteiger partial charge < -0.3 is 4.43 Å². The minimum atomic E-state index is -1.94. The van der Waals surface area contributed by atoms with Crippen molar-refractivity contribution in [1.29, 1.82) is 0 Å². The van der Waals surface area contributed by atoms with E-state index >= 15 is 0 Å². The minimum Gasteiger partial charge on any atom is -0.404 e. The second kappa shape index (κ2) is 6.22. The fourth-order valence-corrected chi connectivity index (χ4v) is 5.40. The molecule has 0 unspecified atom stereocenters. The molecule has 2 aromatic rings. The molecule has 0 radical (unpaired) electrons. The summed E-state index contributed by atoms with van der Waals surface area (Å²) in [5.74, 6) is 0. The lowest BCUT2D eigenvalue weighted by Gasteiger charge is -2.36. The van der Waals surface area contributed by atoms with E-state index < -0.39 is 8.32 Å². The molecule has 0 saturated carbocycles. The molecule has 2 rings (SSSR count). The van der Waals surface area contributed by atoms with Gasteiger partial charge in [-0.1, -0.05) is 42.0 Å². The van der Waals surface area contributed by atoms with Crippen molar-refractivity contribution < 1.29 is 4.43 Å². The first-order valence-corrected chi connectivity index (χ1v) is 11.2. The third-order valence-corrected chi connectivity index (χ3v) is 7.26. The molecule has 0 N–H and O–H groups in total. The van der Waals surface area contributed by atoms with Crippen molar-refractivity contribution in [2.45, 2.75) is 39.5 Å². The monoisotopic (exact) mass is 410 g/mol. The molecule has 0 saturated heterocycles. The lowest BCUT2D eigenvalue weighted by atomic mass is 9.98. The highest BCUT2D eigenvalue weighted by Crippen LogP contribution is 2.28. The van der Waals surface area contributed by atoms with Crippen LogP contribution in [0.1, 0.15) is 25.0 Å². The lowest BCUT2D eigenvalue weighted by molar-refractivity contribution is 0.102. The molecule has 3 heteroatoms. The number of hydrogen-bond acceptors (Lipinski definition) is 1. The highest BCUT2D eigenvalue weighted by Gasteiger charge is 2.34. The number of halogens is 1. The first-order chi connectivity index (χ1) is 9.71. The Labute approximate surface area is 143 Å². The number of rotatable bonds is 4. The van der Waals surface area contributed by atoms with E-state index in [0.29, 0.717) is 0 Å². The summed E-state index contributed by atoms with van der Waals surface area (Å²) in [6.07, 6.45) is 0. The Kier molecular flexibility index (Phi) is 4.95. The summed E-state index contributed by atoms with van der Waals surface area (Å²) in [5.41, 5.74) is 2.25. The second-order valence-electron chi connectivity index (χ2n) is 6.50. The lowest BCUT2D eigenvalue weighted by Crippen LogP contribution is -2.49. The fourth-order valence-electron chi connectivity index (χ4n) is 2.56. The van der Waals surface area contributed by atoms with E-state index in [1.807, 2.05) is 0 Å². The van der Waals surface area contributed by atoms with Gasteiger partial charge >= 0.3 is 0 Å². The molecular formula is C18H23IOSi. The SMILES string of the molecule is Cc1ccc(C(C)(C)O[Si](C)(C)c2ccc(I)cc2)cc1. The average Bonchev–Trinajstić information content (AvgIpc) is 2.38. The summed E-state index contributed by atoms with van der Waals surface area (Å²) in [6.45, 7) is 11.0. The van der Waals surface area contributed by atoms with Gasteiger partial charge in [-0.05, 0) is 79.3 Å². The molecule has 0 aromatic heterocycles. The van der Waals surface area contributed by atoms with Gasteiger partial charge in [0.15, 0.2) is 0 Å². The normalized spacial score (nSPS) is 12.5. The zero-order valence-electron chi connectivity index (χ0n) is 13.4. The Hall–Kier alpha value is -0.653. The topological polar surface area (TPSA) is 9.23 Å². The summed E-state index contributed by atoms with van der Waals surface area (Å²) in [7, 11) is -1.94. The van der Waals surface area contributed by atoms with Crippen LogP contribution in [0.4, 0.5) is 0 Å². The van der Waals surface area contributed by atoms with Crippen LogP contribution in [0.2, 0.25) is 13.1 Å². The predicted octanol–water partition coefficient (Wildman–Crippen LogP) is 4.96. The molecule has 0 amide bonds. The van der Waals surface area contributed by atoms with Crippen molar-refractivity contribution in [2.75, 3.05) is 0 Å². The van der Waals surface area contributed by atoms with Gasteiger partial charge in [0, 0.05) is 3.57 Å². The predicted molar refractivity (Wildman–Crippen MR) is 102 cm³/mol. The Morgan fingerprint density at radius 3 is 1.95 bits per heavy atom. The molecule has 0 heterocycles. The molecule has 0 atom stereocenters. The Morgan fingerprint density at radius 2 is 1.43 bits per heavy atom. The second-order valence-corrected chi connectivity index (χ2v) is 11.5. The minimum absolute atomic E-state index is 0.271. The Bertz CT molecular complexity index is 545. The molecule has 2 aromatic carbocycles. The number of aryl methyl sites for hydroxylation is 1. The van der Waals surface area contributed by atoms with Gasteiger partial charge in [-0.3, -0.25) is 0 Å². The van der Waals surface area contributed by atoms with E-state index in [2.05, 4.69) is 105 Å². The van der Waals surface area contributed by atoms with Crippen molar-refractivity contribution in [2.24, 2.45) is 0 Å².